The molecule has 2 N–H and O–H groups in total. The van der Waals surface area contributed by atoms with Crippen molar-refractivity contribution in [2.45, 2.75) is 26.3 Å². The van der Waals surface area contributed by atoms with Crippen LogP contribution < -0.4 is 10.5 Å². The quantitative estimate of drug-likeness (QED) is 0.841. The Balaban J connectivity index is 3.26. The highest BCUT2D eigenvalue weighted by molar-refractivity contribution is 5.74. The molecule has 0 fully saturated rings. The zero-order valence-electron chi connectivity index (χ0n) is 11.2. The summed E-state index contributed by atoms with van der Waals surface area (Å²) < 4.78 is 45.9. The molecule has 0 aliphatic carbocycles. The number of hydrogen-bond donors (Lipinski definition) is 1. The molecule has 114 valence electrons. The minimum atomic E-state index is -4.96. The molecule has 0 bridgehead atoms. The molecule has 0 aromatic heterocycles. The van der Waals surface area contributed by atoms with Gasteiger partial charge >= 0.3 is 12.3 Å². The lowest BCUT2D eigenvalue weighted by Gasteiger charge is -2.16. The number of benzene rings is 1. The van der Waals surface area contributed by atoms with Crippen LogP contribution in [0.15, 0.2) is 12.1 Å². The molecule has 21 heavy (non-hydrogen) atoms. The number of ether oxygens (including phenoxy) is 2. The summed E-state index contributed by atoms with van der Waals surface area (Å²) in [6, 6.07) is 4.11. The van der Waals surface area contributed by atoms with E-state index in [1.54, 1.807) is 13.0 Å². The predicted octanol–water partition coefficient (Wildman–Crippen LogP) is 2.02. The Morgan fingerprint density at radius 1 is 1.43 bits per heavy atom. The van der Waals surface area contributed by atoms with Gasteiger partial charge in [0.25, 0.3) is 0 Å². The van der Waals surface area contributed by atoms with Gasteiger partial charge in [-0.15, -0.1) is 13.2 Å². The molecule has 0 amide bonds. The van der Waals surface area contributed by atoms with Gasteiger partial charge < -0.3 is 15.2 Å². The van der Waals surface area contributed by atoms with Crippen molar-refractivity contribution in [3.05, 3.63) is 28.8 Å². The number of nitrogens with zero attached hydrogens (tertiary/aromatic N) is 1. The summed E-state index contributed by atoms with van der Waals surface area (Å²) in [6.45, 7) is 1.45. The molecule has 0 saturated carbocycles. The minimum absolute atomic E-state index is 0.0422. The second-order valence-corrected chi connectivity index (χ2v) is 3.93. The lowest BCUT2D eigenvalue weighted by Crippen LogP contribution is -2.21. The van der Waals surface area contributed by atoms with Crippen LogP contribution in [0.3, 0.4) is 0 Å². The highest BCUT2D eigenvalue weighted by Crippen LogP contribution is 2.32. The molecular formula is C13H13F3N2O3. The smallest absolute Gasteiger partial charge is 0.466 e. The SMILES string of the molecule is CCOC(=O)Cc1ccc(C#N)c(OC(F)(F)F)c1CN. The van der Waals surface area contributed by atoms with Crippen LogP contribution in [0.25, 0.3) is 0 Å². The van der Waals surface area contributed by atoms with E-state index in [-0.39, 0.29) is 36.3 Å². The fourth-order valence-corrected chi connectivity index (χ4v) is 1.75. The van der Waals surface area contributed by atoms with Crippen LogP contribution in [0.4, 0.5) is 13.2 Å². The van der Waals surface area contributed by atoms with Gasteiger partial charge in [-0.1, -0.05) is 6.07 Å². The third-order valence-electron chi connectivity index (χ3n) is 2.54. The first-order valence-electron chi connectivity index (χ1n) is 5.98. The van der Waals surface area contributed by atoms with E-state index in [4.69, 9.17) is 15.7 Å². The largest absolute Gasteiger partial charge is 0.573 e. The van der Waals surface area contributed by atoms with Crippen molar-refractivity contribution < 1.29 is 27.4 Å². The van der Waals surface area contributed by atoms with Gasteiger partial charge in [0.15, 0.2) is 5.75 Å². The van der Waals surface area contributed by atoms with Crippen molar-refractivity contribution >= 4 is 5.97 Å². The summed E-state index contributed by atoms with van der Waals surface area (Å²) in [5.41, 5.74) is 5.32. The normalized spacial score (nSPS) is 10.9. The van der Waals surface area contributed by atoms with Crippen molar-refractivity contribution in [1.29, 1.82) is 5.26 Å². The minimum Gasteiger partial charge on any atom is -0.466 e. The van der Waals surface area contributed by atoms with Crippen molar-refractivity contribution in [1.82, 2.24) is 0 Å². The van der Waals surface area contributed by atoms with Gasteiger partial charge in [-0.2, -0.15) is 5.26 Å². The summed E-state index contributed by atoms with van der Waals surface area (Å²) in [6.07, 6.45) is -5.21. The Labute approximate surface area is 119 Å². The molecule has 0 aliphatic heterocycles. The lowest BCUT2D eigenvalue weighted by atomic mass is 10.00. The molecule has 0 spiro atoms. The van der Waals surface area contributed by atoms with Crippen LogP contribution in [0.2, 0.25) is 0 Å². The number of carbonyl (C=O) groups excluding carboxylic acids is 1. The molecule has 8 heteroatoms. The Morgan fingerprint density at radius 2 is 2.10 bits per heavy atom. The third kappa shape index (κ3) is 4.65. The molecule has 5 nitrogen and oxygen atoms in total. The van der Waals surface area contributed by atoms with E-state index in [0.29, 0.717) is 0 Å². The summed E-state index contributed by atoms with van der Waals surface area (Å²) in [5.74, 6) is -1.27. The van der Waals surface area contributed by atoms with Crippen molar-refractivity contribution in [2.24, 2.45) is 5.73 Å². The molecule has 1 aromatic rings. The zero-order valence-corrected chi connectivity index (χ0v) is 11.2. The highest BCUT2D eigenvalue weighted by Gasteiger charge is 2.34. The molecule has 0 heterocycles. The van der Waals surface area contributed by atoms with Crippen LogP contribution in [0.5, 0.6) is 5.75 Å². The topological polar surface area (TPSA) is 85.3 Å². The Kier molecular flexibility index (Phi) is 5.55. The van der Waals surface area contributed by atoms with E-state index >= 15 is 0 Å². The fourth-order valence-electron chi connectivity index (χ4n) is 1.75. The first-order chi connectivity index (χ1) is 9.82. The van der Waals surface area contributed by atoms with Gasteiger partial charge in [-0.3, -0.25) is 4.79 Å². The predicted molar refractivity (Wildman–Crippen MR) is 66.1 cm³/mol. The molecular weight excluding hydrogens is 289 g/mol. The highest BCUT2D eigenvalue weighted by atomic mass is 19.4. The zero-order chi connectivity index (χ0) is 16.0. The number of carbonyl (C=O) groups is 1. The van der Waals surface area contributed by atoms with Gasteiger partial charge in [0, 0.05) is 12.1 Å². The maximum Gasteiger partial charge on any atom is 0.573 e. The number of rotatable bonds is 5. The van der Waals surface area contributed by atoms with Gasteiger partial charge in [0.1, 0.15) is 6.07 Å². The fraction of sp³-hybridized carbons (Fsp3) is 0.385. The first-order valence-corrected chi connectivity index (χ1v) is 5.98. The van der Waals surface area contributed by atoms with E-state index in [1.807, 2.05) is 0 Å². The molecule has 0 saturated heterocycles. The summed E-state index contributed by atoms with van der Waals surface area (Å²) in [7, 11) is 0. The molecule has 0 atom stereocenters. The maximum absolute atomic E-state index is 12.4. The Morgan fingerprint density at radius 3 is 2.57 bits per heavy atom. The van der Waals surface area contributed by atoms with E-state index in [0.717, 1.165) is 6.07 Å². The molecule has 0 aliphatic rings. The van der Waals surface area contributed by atoms with Crippen LogP contribution >= 0.6 is 0 Å². The van der Waals surface area contributed by atoms with Crippen LogP contribution in [-0.2, 0) is 22.5 Å². The number of nitrogens with two attached hydrogens (primary N) is 1. The standard InChI is InChI=1S/C13H13F3N2O3/c1-2-20-11(19)5-8-3-4-9(6-17)12(10(8)7-18)21-13(14,15)16/h3-4H,2,5,7,18H2,1H3. The lowest BCUT2D eigenvalue weighted by molar-refractivity contribution is -0.275. The number of esters is 1. The van der Waals surface area contributed by atoms with Crippen LogP contribution in [-0.4, -0.2) is 18.9 Å². The summed E-state index contributed by atoms with van der Waals surface area (Å²) >= 11 is 0. The second-order valence-electron chi connectivity index (χ2n) is 3.93. The monoisotopic (exact) mass is 302 g/mol. The molecule has 0 radical (unpaired) electrons. The van der Waals surface area contributed by atoms with Crippen molar-refractivity contribution in [3.63, 3.8) is 0 Å². The molecule has 1 rings (SSSR count). The van der Waals surface area contributed by atoms with Gasteiger partial charge in [-0.25, -0.2) is 0 Å². The first kappa shape index (κ1) is 16.8. The number of halogens is 3. The van der Waals surface area contributed by atoms with E-state index in [1.165, 1.54) is 6.07 Å². The second kappa shape index (κ2) is 6.95. The third-order valence-corrected chi connectivity index (χ3v) is 2.54. The number of alkyl halides is 3. The molecule has 1 aromatic carbocycles. The van der Waals surface area contributed by atoms with E-state index < -0.39 is 18.1 Å². The summed E-state index contributed by atoms with van der Waals surface area (Å²) in [4.78, 5) is 11.4. The number of nitriles is 1. The maximum atomic E-state index is 12.4. The van der Waals surface area contributed by atoms with Crippen LogP contribution in [0, 0.1) is 11.3 Å². The van der Waals surface area contributed by atoms with Gasteiger partial charge in [0.05, 0.1) is 18.6 Å². The van der Waals surface area contributed by atoms with E-state index in [2.05, 4.69) is 4.74 Å². The average Bonchev–Trinajstić information content (AvgIpc) is 2.37. The van der Waals surface area contributed by atoms with Crippen molar-refractivity contribution in [2.75, 3.05) is 6.61 Å². The summed E-state index contributed by atoms with van der Waals surface area (Å²) in [5, 5.41) is 8.86. The Hall–Kier alpha value is -2.27. The molecule has 0 unspecified atom stereocenters. The number of hydrogen-bond acceptors (Lipinski definition) is 5. The average molecular weight is 302 g/mol. The van der Waals surface area contributed by atoms with Gasteiger partial charge in [-0.05, 0) is 18.6 Å². The van der Waals surface area contributed by atoms with E-state index in [9.17, 15) is 18.0 Å². The Bertz CT molecular complexity index is 565. The van der Waals surface area contributed by atoms with Gasteiger partial charge in [0.2, 0.25) is 0 Å². The van der Waals surface area contributed by atoms with Crippen molar-refractivity contribution in [3.8, 4) is 11.8 Å². The van der Waals surface area contributed by atoms with Crippen LogP contribution in [0.1, 0.15) is 23.6 Å².